The van der Waals surface area contributed by atoms with Crippen molar-refractivity contribution in [2.45, 2.75) is 74.5 Å². The first-order valence-electron chi connectivity index (χ1n) is 16.1. The van der Waals surface area contributed by atoms with Crippen LogP contribution in [-0.2, 0) is 0 Å². The van der Waals surface area contributed by atoms with E-state index in [1.165, 1.54) is 6.07 Å². The van der Waals surface area contributed by atoms with Crippen molar-refractivity contribution < 1.29 is 22.3 Å². The third-order valence-corrected chi connectivity index (χ3v) is 11.0. The Hall–Kier alpha value is -4.01. The molecule has 5 aliphatic heterocycles. The Kier molecular flexibility index (Phi) is 6.29. The standard InChI is InChI=1S/C35H32F4N6O/c1-2-21-23(37)9-7-18-5-3-6-22(27(18)21)30-29(39)32-28-31(41-30)24(38)13-26-25-10-8-20(40-25)16-45(26)33(28)43-34(42-32)46-17-35-11-4-12-44(35)15-19(36)14-35/h1,3,5-7,9,19-20,24-26,40H,4,8,10-17H2/t19-,20-,24-,25+,26-,35+/m1/s1. The van der Waals surface area contributed by atoms with Crippen LogP contribution in [0.3, 0.4) is 0 Å². The van der Waals surface area contributed by atoms with Gasteiger partial charge in [-0.25, -0.2) is 22.5 Å². The SMILES string of the molecule is C#Cc1c(F)ccc2cccc(-c3nc4c5c(nc(OC[C@@]67CCCN6C[C@H](F)C7)nc5c3F)N3C[C@H]5CC[C@H](N5)[C@H]3C[C@H]4F)c12. The Morgan fingerprint density at radius 2 is 1.96 bits per heavy atom. The number of anilines is 1. The van der Waals surface area contributed by atoms with Gasteiger partial charge >= 0.3 is 6.01 Å². The number of terminal acetylenes is 1. The van der Waals surface area contributed by atoms with Gasteiger partial charge in [0.15, 0.2) is 5.82 Å². The van der Waals surface area contributed by atoms with Crippen molar-refractivity contribution in [1.82, 2.24) is 25.2 Å². The second-order valence-electron chi connectivity index (χ2n) is 13.5. The van der Waals surface area contributed by atoms with Gasteiger partial charge in [0.1, 0.15) is 41.8 Å². The van der Waals surface area contributed by atoms with Crippen LogP contribution in [0.5, 0.6) is 6.01 Å². The van der Waals surface area contributed by atoms with Crippen LogP contribution in [0.4, 0.5) is 23.4 Å². The number of fused-ring (bicyclic) bond motifs is 7. The smallest absolute Gasteiger partial charge is 0.319 e. The third kappa shape index (κ3) is 4.09. The summed E-state index contributed by atoms with van der Waals surface area (Å²) in [6.45, 7) is 1.92. The molecule has 11 heteroatoms. The minimum atomic E-state index is -1.53. The molecule has 2 aromatic heterocycles. The van der Waals surface area contributed by atoms with Crippen molar-refractivity contribution in [3.63, 3.8) is 0 Å². The highest BCUT2D eigenvalue weighted by Gasteiger charge is 2.50. The third-order valence-electron chi connectivity index (χ3n) is 11.0. The van der Waals surface area contributed by atoms with Gasteiger partial charge in [-0.1, -0.05) is 30.2 Å². The minimum Gasteiger partial charge on any atom is -0.461 e. The molecule has 5 aliphatic rings. The predicted octanol–water partition coefficient (Wildman–Crippen LogP) is 5.78. The lowest BCUT2D eigenvalue weighted by molar-refractivity contribution is 0.107. The molecule has 4 fully saturated rings. The monoisotopic (exact) mass is 628 g/mol. The predicted molar refractivity (Wildman–Crippen MR) is 166 cm³/mol. The van der Waals surface area contributed by atoms with E-state index in [4.69, 9.17) is 16.1 Å². The number of nitrogens with zero attached hydrogens (tertiary/aromatic N) is 5. The van der Waals surface area contributed by atoms with Crippen LogP contribution >= 0.6 is 0 Å². The second kappa shape index (κ2) is 10.2. The summed E-state index contributed by atoms with van der Waals surface area (Å²) in [5, 5.41) is 4.76. The van der Waals surface area contributed by atoms with Crippen molar-refractivity contribution in [2.75, 3.05) is 31.1 Å². The molecule has 9 rings (SSSR count). The fourth-order valence-corrected chi connectivity index (χ4v) is 8.92. The summed E-state index contributed by atoms with van der Waals surface area (Å²) in [6, 6.07) is 7.91. The van der Waals surface area contributed by atoms with Gasteiger partial charge < -0.3 is 15.0 Å². The largest absolute Gasteiger partial charge is 0.461 e. The van der Waals surface area contributed by atoms with E-state index >= 15 is 8.78 Å². The molecule has 0 amide bonds. The van der Waals surface area contributed by atoms with E-state index in [0.717, 1.165) is 32.2 Å². The van der Waals surface area contributed by atoms with E-state index in [9.17, 15) is 8.78 Å². The summed E-state index contributed by atoms with van der Waals surface area (Å²) in [5.74, 6) is 1.40. The van der Waals surface area contributed by atoms with E-state index < -0.39 is 29.5 Å². The van der Waals surface area contributed by atoms with Crippen molar-refractivity contribution >= 4 is 27.5 Å². The molecule has 0 aliphatic carbocycles. The number of nitrogens with one attached hydrogen (secondary N) is 1. The molecular weight excluding hydrogens is 596 g/mol. The highest BCUT2D eigenvalue weighted by Crippen LogP contribution is 2.47. The van der Waals surface area contributed by atoms with Crippen molar-refractivity contribution in [3.8, 4) is 29.6 Å². The molecule has 4 saturated heterocycles. The van der Waals surface area contributed by atoms with E-state index in [1.807, 2.05) is 0 Å². The molecule has 0 unspecified atom stereocenters. The van der Waals surface area contributed by atoms with E-state index in [2.05, 4.69) is 31.0 Å². The van der Waals surface area contributed by atoms with Crippen LogP contribution < -0.4 is 15.0 Å². The van der Waals surface area contributed by atoms with Crippen LogP contribution in [0.2, 0.25) is 0 Å². The maximum Gasteiger partial charge on any atom is 0.319 e. The van der Waals surface area contributed by atoms with Crippen LogP contribution in [-0.4, -0.2) is 75.9 Å². The van der Waals surface area contributed by atoms with Crippen LogP contribution in [0, 0.1) is 24.0 Å². The Morgan fingerprint density at radius 3 is 2.83 bits per heavy atom. The lowest BCUT2D eigenvalue weighted by Crippen LogP contribution is -2.58. The Balaban J connectivity index is 1.26. The fraction of sp³-hybridized carbons (Fsp3) is 0.457. The molecule has 0 radical (unpaired) electrons. The highest BCUT2D eigenvalue weighted by atomic mass is 19.1. The zero-order valence-electron chi connectivity index (χ0n) is 25.1. The Morgan fingerprint density at radius 1 is 1.07 bits per heavy atom. The quantitative estimate of drug-likeness (QED) is 0.227. The molecule has 1 N–H and O–H groups in total. The van der Waals surface area contributed by atoms with Crippen LogP contribution in [0.15, 0.2) is 30.3 Å². The van der Waals surface area contributed by atoms with Gasteiger partial charge in [-0.3, -0.25) is 4.90 Å². The molecule has 6 atom stereocenters. The molecule has 4 aromatic rings. The van der Waals surface area contributed by atoms with Gasteiger partial charge in [-0.2, -0.15) is 9.97 Å². The van der Waals surface area contributed by atoms with Gasteiger partial charge in [0.2, 0.25) is 0 Å². The van der Waals surface area contributed by atoms with Crippen molar-refractivity contribution in [2.24, 2.45) is 0 Å². The lowest BCUT2D eigenvalue weighted by atomic mass is 9.95. The molecule has 7 nitrogen and oxygen atoms in total. The first kappa shape index (κ1) is 28.2. The molecule has 236 valence electrons. The number of pyridine rings is 1. The van der Waals surface area contributed by atoms with Gasteiger partial charge in [0, 0.05) is 55.0 Å². The molecular formula is C35H32F4N6O. The molecule has 0 saturated carbocycles. The zero-order valence-corrected chi connectivity index (χ0v) is 25.1. The number of hydrogen-bond donors (Lipinski definition) is 1. The Labute approximate surface area is 263 Å². The summed E-state index contributed by atoms with van der Waals surface area (Å²) in [4.78, 5) is 18.3. The normalized spacial score (nSPS) is 30.0. The first-order valence-corrected chi connectivity index (χ1v) is 16.1. The number of piperazine rings is 1. The number of ether oxygens (including phenoxy) is 1. The average Bonchev–Trinajstić information content (AvgIpc) is 3.70. The zero-order chi connectivity index (χ0) is 31.3. The van der Waals surface area contributed by atoms with Crippen molar-refractivity contribution in [3.05, 3.63) is 53.2 Å². The Bertz CT molecular complexity index is 1970. The number of halogens is 4. The lowest BCUT2D eigenvalue weighted by Gasteiger charge is -2.41. The minimum absolute atomic E-state index is 0.0215. The molecule has 2 aromatic carbocycles. The number of hydrogen-bond acceptors (Lipinski definition) is 7. The van der Waals surface area contributed by atoms with E-state index in [-0.39, 0.29) is 70.6 Å². The fourth-order valence-electron chi connectivity index (χ4n) is 8.92. The number of aromatic nitrogens is 3. The van der Waals surface area contributed by atoms with Gasteiger partial charge in [0.05, 0.1) is 22.2 Å². The number of rotatable bonds is 4. The van der Waals surface area contributed by atoms with Crippen LogP contribution in [0.25, 0.3) is 32.9 Å². The summed E-state index contributed by atoms with van der Waals surface area (Å²) >= 11 is 0. The average molecular weight is 629 g/mol. The van der Waals surface area contributed by atoms with Crippen molar-refractivity contribution in [1.29, 1.82) is 0 Å². The van der Waals surface area contributed by atoms with E-state index in [0.29, 0.717) is 36.1 Å². The number of benzene rings is 2. The highest BCUT2D eigenvalue weighted by molar-refractivity contribution is 6.03. The second-order valence-corrected chi connectivity index (χ2v) is 13.5. The summed E-state index contributed by atoms with van der Waals surface area (Å²) in [6.07, 6.45) is 7.36. The molecule has 7 heterocycles. The topological polar surface area (TPSA) is 66.4 Å². The molecule has 0 spiro atoms. The first-order chi connectivity index (χ1) is 22.3. The van der Waals surface area contributed by atoms with Gasteiger partial charge in [0.25, 0.3) is 0 Å². The number of alkyl halides is 2. The van der Waals surface area contributed by atoms with Crippen LogP contribution in [0.1, 0.15) is 56.0 Å². The summed E-state index contributed by atoms with van der Waals surface area (Å²) in [5.41, 5.74) is -0.459. The van der Waals surface area contributed by atoms with Gasteiger partial charge in [-0.05, 0) is 43.7 Å². The summed E-state index contributed by atoms with van der Waals surface area (Å²) in [7, 11) is 0. The van der Waals surface area contributed by atoms with E-state index in [1.54, 1.807) is 24.3 Å². The summed E-state index contributed by atoms with van der Waals surface area (Å²) < 4.78 is 69.2. The maximum atomic E-state index is 17.0. The maximum absolute atomic E-state index is 17.0. The molecule has 46 heavy (non-hydrogen) atoms. The van der Waals surface area contributed by atoms with Gasteiger partial charge in [-0.15, -0.1) is 6.42 Å². The molecule has 2 bridgehead atoms.